The molecule has 1 aromatic rings. The van der Waals surface area contributed by atoms with Gasteiger partial charge in [0.2, 0.25) is 0 Å². The molecule has 0 heterocycles. The zero-order chi connectivity index (χ0) is 7.84. The third-order valence-corrected chi connectivity index (χ3v) is 2.50. The van der Waals surface area contributed by atoms with Crippen LogP contribution in [0, 0.1) is 0 Å². The summed E-state index contributed by atoms with van der Waals surface area (Å²) < 4.78 is 0. The van der Waals surface area contributed by atoms with E-state index in [-0.39, 0.29) is 5.38 Å². The Morgan fingerprint density at radius 3 is 2.82 bits per heavy atom. The lowest BCUT2D eigenvalue weighted by Crippen LogP contribution is -1.85. The van der Waals surface area contributed by atoms with Gasteiger partial charge in [-0.05, 0) is 17.2 Å². The minimum Gasteiger partial charge on any atom is -0.113 e. The smallest absolute Gasteiger partial charge is 0.0789 e. The van der Waals surface area contributed by atoms with Crippen LogP contribution in [0.25, 0.3) is 6.08 Å². The molecule has 1 aromatic carbocycles. The van der Waals surface area contributed by atoms with Crippen molar-refractivity contribution in [3.8, 4) is 0 Å². The molecular weight excluding hydrogens is 179 g/mol. The first-order chi connectivity index (χ1) is 5.29. The van der Waals surface area contributed by atoms with Gasteiger partial charge >= 0.3 is 0 Å². The molecule has 0 N–H and O–H groups in total. The fourth-order valence-electron chi connectivity index (χ4n) is 1.27. The van der Waals surface area contributed by atoms with Crippen LogP contribution in [0.15, 0.2) is 24.3 Å². The Hall–Kier alpha value is -0.460. The molecule has 0 aliphatic heterocycles. The molecule has 56 valence electrons. The molecule has 0 radical (unpaired) electrons. The average molecular weight is 185 g/mol. The molecule has 1 unspecified atom stereocenters. The summed E-state index contributed by atoms with van der Waals surface area (Å²) in [5.74, 6) is 0. The predicted molar refractivity (Wildman–Crippen MR) is 49.1 cm³/mol. The summed E-state index contributed by atoms with van der Waals surface area (Å²) in [6, 6.07) is 5.81. The number of benzene rings is 1. The highest BCUT2D eigenvalue weighted by atomic mass is 35.5. The molecule has 0 saturated carbocycles. The van der Waals surface area contributed by atoms with Crippen LogP contribution in [0.1, 0.15) is 16.5 Å². The minimum atomic E-state index is -0.0429. The van der Waals surface area contributed by atoms with Gasteiger partial charge in [-0.3, -0.25) is 0 Å². The monoisotopic (exact) mass is 184 g/mol. The fraction of sp³-hybridized carbons (Fsp3) is 0.111. The second kappa shape index (κ2) is 2.54. The van der Waals surface area contributed by atoms with E-state index in [0.717, 1.165) is 16.1 Å². The fourth-order valence-corrected chi connectivity index (χ4v) is 1.95. The van der Waals surface area contributed by atoms with E-state index < -0.39 is 0 Å². The zero-order valence-electron chi connectivity index (χ0n) is 5.72. The van der Waals surface area contributed by atoms with Crippen molar-refractivity contribution < 1.29 is 0 Å². The second-order valence-electron chi connectivity index (χ2n) is 2.50. The van der Waals surface area contributed by atoms with Crippen molar-refractivity contribution in [1.82, 2.24) is 0 Å². The van der Waals surface area contributed by atoms with E-state index in [1.54, 1.807) is 0 Å². The van der Waals surface area contributed by atoms with E-state index >= 15 is 0 Å². The number of alkyl halides is 1. The topological polar surface area (TPSA) is 0 Å². The van der Waals surface area contributed by atoms with Gasteiger partial charge in [0, 0.05) is 5.02 Å². The number of hydrogen-bond donors (Lipinski definition) is 0. The number of rotatable bonds is 0. The maximum absolute atomic E-state index is 5.98. The third-order valence-electron chi connectivity index (χ3n) is 1.81. The van der Waals surface area contributed by atoms with Gasteiger partial charge in [-0.15, -0.1) is 11.6 Å². The number of allylic oxidation sites excluding steroid dienone is 1. The minimum absolute atomic E-state index is 0.0429. The Bertz CT molecular complexity index is 315. The molecule has 2 rings (SSSR count). The van der Waals surface area contributed by atoms with Gasteiger partial charge in [0.1, 0.15) is 0 Å². The van der Waals surface area contributed by atoms with Crippen LogP contribution in [-0.2, 0) is 0 Å². The van der Waals surface area contributed by atoms with Crippen molar-refractivity contribution in [2.45, 2.75) is 5.38 Å². The summed E-state index contributed by atoms with van der Waals surface area (Å²) in [6.07, 6.45) is 3.94. The molecule has 1 aliphatic rings. The first kappa shape index (κ1) is 7.20. The van der Waals surface area contributed by atoms with Crippen molar-refractivity contribution in [3.63, 3.8) is 0 Å². The van der Waals surface area contributed by atoms with Crippen LogP contribution >= 0.6 is 23.2 Å². The Labute approximate surface area is 75.4 Å². The second-order valence-corrected chi connectivity index (χ2v) is 3.38. The van der Waals surface area contributed by atoms with Crippen LogP contribution in [0.3, 0.4) is 0 Å². The molecule has 0 fully saturated rings. The summed E-state index contributed by atoms with van der Waals surface area (Å²) in [5.41, 5.74) is 2.17. The molecule has 0 saturated heterocycles. The molecule has 11 heavy (non-hydrogen) atoms. The van der Waals surface area contributed by atoms with Crippen molar-refractivity contribution in [2.75, 3.05) is 0 Å². The number of hydrogen-bond acceptors (Lipinski definition) is 0. The van der Waals surface area contributed by atoms with Crippen LogP contribution in [0.2, 0.25) is 5.02 Å². The van der Waals surface area contributed by atoms with Gasteiger partial charge in [-0.1, -0.05) is 35.9 Å². The molecule has 0 nitrogen and oxygen atoms in total. The molecule has 2 heteroatoms. The maximum atomic E-state index is 5.98. The van der Waals surface area contributed by atoms with Crippen molar-refractivity contribution >= 4 is 29.3 Å². The average Bonchev–Trinajstić information content (AvgIpc) is 2.34. The Balaban J connectivity index is 2.65. The van der Waals surface area contributed by atoms with Gasteiger partial charge in [-0.25, -0.2) is 0 Å². The number of fused-ring (bicyclic) bond motifs is 1. The Kier molecular flexibility index (Phi) is 1.67. The standard InChI is InChI=1S/C9H6Cl2/c10-7-3-1-2-6-4-5-8(11)9(6)7/h1-5,8H. The van der Waals surface area contributed by atoms with Gasteiger partial charge in [0.05, 0.1) is 5.38 Å². The predicted octanol–water partition coefficient (Wildman–Crippen LogP) is 3.65. The SMILES string of the molecule is Clc1cccc2c1C(Cl)C=C2. The van der Waals surface area contributed by atoms with Gasteiger partial charge in [0.25, 0.3) is 0 Å². The quantitative estimate of drug-likeness (QED) is 0.541. The summed E-state index contributed by atoms with van der Waals surface area (Å²) in [6.45, 7) is 0. The molecule has 0 aromatic heterocycles. The van der Waals surface area contributed by atoms with Crippen molar-refractivity contribution in [1.29, 1.82) is 0 Å². The van der Waals surface area contributed by atoms with Crippen LogP contribution in [0.4, 0.5) is 0 Å². The lowest BCUT2D eigenvalue weighted by molar-refractivity contribution is 1.25. The molecule has 0 spiro atoms. The molecule has 0 bridgehead atoms. The van der Waals surface area contributed by atoms with E-state index in [9.17, 15) is 0 Å². The summed E-state index contributed by atoms with van der Waals surface area (Å²) in [4.78, 5) is 0. The first-order valence-electron chi connectivity index (χ1n) is 3.40. The largest absolute Gasteiger partial charge is 0.113 e. The van der Waals surface area contributed by atoms with E-state index in [1.807, 2.05) is 30.4 Å². The first-order valence-corrected chi connectivity index (χ1v) is 4.21. The van der Waals surface area contributed by atoms with E-state index in [1.165, 1.54) is 0 Å². The van der Waals surface area contributed by atoms with Crippen molar-refractivity contribution in [2.24, 2.45) is 0 Å². The summed E-state index contributed by atoms with van der Waals surface area (Å²) >= 11 is 11.9. The molecule has 0 amide bonds. The Morgan fingerprint density at radius 2 is 2.09 bits per heavy atom. The lowest BCUT2D eigenvalue weighted by Gasteiger charge is -2.03. The van der Waals surface area contributed by atoms with Crippen LogP contribution in [-0.4, -0.2) is 0 Å². The molecule has 1 aliphatic carbocycles. The normalized spacial score (nSPS) is 20.4. The van der Waals surface area contributed by atoms with Gasteiger partial charge in [-0.2, -0.15) is 0 Å². The Morgan fingerprint density at radius 1 is 1.27 bits per heavy atom. The summed E-state index contributed by atoms with van der Waals surface area (Å²) in [5, 5.41) is 0.714. The van der Waals surface area contributed by atoms with Crippen LogP contribution < -0.4 is 0 Å². The van der Waals surface area contributed by atoms with E-state index in [0.29, 0.717) is 0 Å². The highest BCUT2D eigenvalue weighted by Gasteiger charge is 2.16. The van der Waals surface area contributed by atoms with Gasteiger partial charge in [0.15, 0.2) is 0 Å². The maximum Gasteiger partial charge on any atom is 0.0789 e. The van der Waals surface area contributed by atoms with E-state index in [2.05, 4.69) is 0 Å². The lowest BCUT2D eigenvalue weighted by atomic mass is 10.1. The zero-order valence-corrected chi connectivity index (χ0v) is 7.23. The van der Waals surface area contributed by atoms with Gasteiger partial charge < -0.3 is 0 Å². The third kappa shape index (κ3) is 1.07. The highest BCUT2D eigenvalue weighted by Crippen LogP contribution is 2.37. The molecule has 1 atom stereocenters. The van der Waals surface area contributed by atoms with Crippen molar-refractivity contribution in [3.05, 3.63) is 40.4 Å². The highest BCUT2D eigenvalue weighted by molar-refractivity contribution is 6.33. The summed E-state index contributed by atoms with van der Waals surface area (Å²) in [7, 11) is 0. The number of halogens is 2. The van der Waals surface area contributed by atoms with E-state index in [4.69, 9.17) is 23.2 Å². The van der Waals surface area contributed by atoms with Crippen LogP contribution in [0.5, 0.6) is 0 Å². The molecular formula is C9H6Cl2.